The van der Waals surface area contributed by atoms with Crippen LogP contribution >= 0.6 is 0 Å². The topological polar surface area (TPSA) is 89.7 Å². The van der Waals surface area contributed by atoms with Crippen LogP contribution in [0.2, 0.25) is 0 Å². The number of benzene rings is 1. The van der Waals surface area contributed by atoms with Crippen LogP contribution in [-0.4, -0.2) is 21.6 Å². The Balaban J connectivity index is 3.35. The van der Waals surface area contributed by atoms with Gasteiger partial charge in [-0.2, -0.15) is 0 Å². The maximum atomic E-state index is 13.5. The molecule has 0 aliphatic heterocycles. The van der Waals surface area contributed by atoms with E-state index in [4.69, 9.17) is 9.84 Å². The molecule has 0 aliphatic rings. The maximum Gasteiger partial charge on any atom is 0.338 e. The van der Waals surface area contributed by atoms with Crippen LogP contribution in [0.25, 0.3) is 0 Å². The van der Waals surface area contributed by atoms with Crippen LogP contribution < -0.4 is 4.74 Å². The van der Waals surface area contributed by atoms with E-state index in [1.807, 2.05) is 6.92 Å². The van der Waals surface area contributed by atoms with Crippen LogP contribution in [0.1, 0.15) is 37.6 Å². The van der Waals surface area contributed by atoms with Gasteiger partial charge >= 0.3 is 11.7 Å². The maximum absolute atomic E-state index is 13.5. The van der Waals surface area contributed by atoms with Crippen molar-refractivity contribution in [3.8, 4) is 5.75 Å². The first-order valence-electron chi connectivity index (χ1n) is 5.58. The Hall–Kier alpha value is -2.18. The van der Waals surface area contributed by atoms with Gasteiger partial charge in [-0.25, -0.2) is 9.18 Å². The summed E-state index contributed by atoms with van der Waals surface area (Å²) < 4.78 is 18.9. The molecule has 6 nitrogen and oxygen atoms in total. The molecule has 7 heteroatoms. The van der Waals surface area contributed by atoms with Gasteiger partial charge in [0.25, 0.3) is 0 Å². The smallest absolute Gasteiger partial charge is 0.338 e. The summed E-state index contributed by atoms with van der Waals surface area (Å²) in [7, 11) is 0. The van der Waals surface area contributed by atoms with E-state index >= 15 is 0 Å². The standard InChI is InChI=1S/C12H14FNO5/c1-4-12(2,3)19-10-6-8(13)7(11(15)16)5-9(10)14(17)18/h5-6H,4H2,1-3H3,(H,15,16). The predicted octanol–water partition coefficient (Wildman–Crippen LogP) is 3.00. The number of nitrogens with zero attached hydrogens (tertiary/aromatic N) is 1. The lowest BCUT2D eigenvalue weighted by molar-refractivity contribution is -0.386. The number of halogens is 1. The zero-order valence-electron chi connectivity index (χ0n) is 10.8. The second-order valence-electron chi connectivity index (χ2n) is 4.58. The summed E-state index contributed by atoms with van der Waals surface area (Å²) in [5.41, 5.74) is -2.05. The zero-order chi connectivity index (χ0) is 14.8. The molecule has 0 aliphatic carbocycles. The molecule has 0 saturated carbocycles. The Labute approximate surface area is 109 Å². The van der Waals surface area contributed by atoms with Gasteiger partial charge in [-0.15, -0.1) is 0 Å². The fraction of sp³-hybridized carbons (Fsp3) is 0.417. The monoisotopic (exact) mass is 271 g/mol. The number of carbonyl (C=O) groups is 1. The summed E-state index contributed by atoms with van der Waals surface area (Å²) in [6.07, 6.45) is 0.548. The van der Waals surface area contributed by atoms with Crippen molar-refractivity contribution in [3.05, 3.63) is 33.6 Å². The minimum Gasteiger partial charge on any atom is -0.481 e. The number of nitro benzene ring substituents is 1. The summed E-state index contributed by atoms with van der Waals surface area (Å²) in [5.74, 6) is -2.92. The average Bonchev–Trinajstić information content (AvgIpc) is 2.27. The van der Waals surface area contributed by atoms with E-state index in [2.05, 4.69) is 0 Å². The van der Waals surface area contributed by atoms with Crippen molar-refractivity contribution in [2.24, 2.45) is 0 Å². The zero-order valence-corrected chi connectivity index (χ0v) is 10.8. The lowest BCUT2D eigenvalue weighted by Gasteiger charge is -2.24. The van der Waals surface area contributed by atoms with Gasteiger partial charge in [0.2, 0.25) is 5.75 Å². The molecule has 0 amide bonds. The Kier molecular flexibility index (Phi) is 4.08. The number of carboxylic acids is 1. The van der Waals surface area contributed by atoms with Crippen molar-refractivity contribution in [2.75, 3.05) is 0 Å². The van der Waals surface area contributed by atoms with E-state index in [1.54, 1.807) is 13.8 Å². The number of aromatic carboxylic acids is 1. The van der Waals surface area contributed by atoms with Crippen molar-refractivity contribution in [1.29, 1.82) is 0 Å². The molecule has 0 spiro atoms. The molecule has 0 fully saturated rings. The largest absolute Gasteiger partial charge is 0.481 e. The normalized spacial score (nSPS) is 11.2. The van der Waals surface area contributed by atoms with Crippen LogP contribution in [-0.2, 0) is 0 Å². The molecule has 0 saturated heterocycles. The van der Waals surface area contributed by atoms with Gasteiger partial charge in [0.1, 0.15) is 17.0 Å². The molecule has 0 radical (unpaired) electrons. The van der Waals surface area contributed by atoms with Gasteiger partial charge in [-0.3, -0.25) is 10.1 Å². The summed E-state index contributed by atoms with van der Waals surface area (Å²) in [4.78, 5) is 20.8. The molecule has 0 unspecified atom stereocenters. The van der Waals surface area contributed by atoms with Crippen LogP contribution in [0.15, 0.2) is 12.1 Å². The van der Waals surface area contributed by atoms with Crippen molar-refractivity contribution in [3.63, 3.8) is 0 Å². The molecule has 104 valence electrons. The molecule has 1 rings (SSSR count). The summed E-state index contributed by atoms with van der Waals surface area (Å²) in [5, 5.41) is 19.6. The number of carboxylic acid groups (broad SMARTS) is 1. The molecule has 19 heavy (non-hydrogen) atoms. The van der Waals surface area contributed by atoms with E-state index in [1.165, 1.54) is 0 Å². The molecule has 0 heterocycles. The number of hydrogen-bond donors (Lipinski definition) is 1. The van der Waals surface area contributed by atoms with E-state index in [0.717, 1.165) is 6.07 Å². The highest BCUT2D eigenvalue weighted by molar-refractivity contribution is 5.89. The van der Waals surface area contributed by atoms with Crippen LogP contribution in [0.4, 0.5) is 10.1 Å². The van der Waals surface area contributed by atoms with Gasteiger partial charge in [-0.05, 0) is 20.3 Å². The van der Waals surface area contributed by atoms with Gasteiger partial charge in [-0.1, -0.05) is 6.92 Å². The molecule has 0 aromatic heterocycles. The Bertz CT molecular complexity index is 527. The first-order chi connectivity index (χ1) is 8.68. The first kappa shape index (κ1) is 14.9. The molecule has 1 aromatic carbocycles. The van der Waals surface area contributed by atoms with Crippen molar-refractivity contribution < 1.29 is 24.0 Å². The second kappa shape index (κ2) is 5.21. The third-order valence-electron chi connectivity index (χ3n) is 2.71. The molecule has 0 bridgehead atoms. The lowest BCUT2D eigenvalue weighted by atomic mass is 10.1. The predicted molar refractivity (Wildman–Crippen MR) is 65.0 cm³/mol. The lowest BCUT2D eigenvalue weighted by Crippen LogP contribution is -2.27. The summed E-state index contributed by atoms with van der Waals surface area (Å²) >= 11 is 0. The first-order valence-corrected chi connectivity index (χ1v) is 5.58. The molecule has 0 atom stereocenters. The fourth-order valence-electron chi connectivity index (χ4n) is 1.30. The van der Waals surface area contributed by atoms with Gasteiger partial charge in [0.15, 0.2) is 0 Å². The molecule has 1 N–H and O–H groups in total. The van der Waals surface area contributed by atoms with E-state index in [-0.39, 0.29) is 5.75 Å². The van der Waals surface area contributed by atoms with Crippen LogP contribution in [0, 0.1) is 15.9 Å². The van der Waals surface area contributed by atoms with Crippen molar-refractivity contribution in [2.45, 2.75) is 32.8 Å². The van der Waals surface area contributed by atoms with E-state index in [9.17, 15) is 19.3 Å². The second-order valence-corrected chi connectivity index (χ2v) is 4.58. The third-order valence-corrected chi connectivity index (χ3v) is 2.71. The number of ether oxygens (including phenoxy) is 1. The highest BCUT2D eigenvalue weighted by Gasteiger charge is 2.27. The summed E-state index contributed by atoms with van der Waals surface area (Å²) in [6.45, 7) is 5.20. The van der Waals surface area contributed by atoms with Crippen molar-refractivity contribution in [1.82, 2.24) is 0 Å². The minimum absolute atomic E-state index is 0.278. The fourth-order valence-corrected chi connectivity index (χ4v) is 1.30. The third kappa shape index (κ3) is 3.40. The number of nitro groups is 1. The minimum atomic E-state index is -1.57. The van der Waals surface area contributed by atoms with E-state index < -0.39 is 33.6 Å². The van der Waals surface area contributed by atoms with Gasteiger partial charge in [0, 0.05) is 12.1 Å². The van der Waals surface area contributed by atoms with Crippen LogP contribution in [0.3, 0.4) is 0 Å². The number of rotatable bonds is 5. The molecule has 1 aromatic rings. The quantitative estimate of drug-likeness (QED) is 0.656. The Morgan fingerprint density at radius 3 is 2.53 bits per heavy atom. The van der Waals surface area contributed by atoms with Gasteiger partial charge < -0.3 is 9.84 Å². The average molecular weight is 271 g/mol. The highest BCUT2D eigenvalue weighted by atomic mass is 19.1. The molecular weight excluding hydrogens is 257 g/mol. The van der Waals surface area contributed by atoms with Gasteiger partial charge in [0.05, 0.1) is 4.92 Å². The molecular formula is C12H14FNO5. The SMILES string of the molecule is CCC(C)(C)Oc1cc(F)c(C(=O)O)cc1[N+](=O)[O-]. The Morgan fingerprint density at radius 2 is 2.11 bits per heavy atom. The highest BCUT2D eigenvalue weighted by Crippen LogP contribution is 2.33. The van der Waals surface area contributed by atoms with Crippen LogP contribution in [0.5, 0.6) is 5.75 Å². The summed E-state index contributed by atoms with van der Waals surface area (Å²) in [6, 6.07) is 1.40. The van der Waals surface area contributed by atoms with E-state index in [0.29, 0.717) is 12.5 Å². The Morgan fingerprint density at radius 1 is 1.53 bits per heavy atom. The van der Waals surface area contributed by atoms with Crippen molar-refractivity contribution >= 4 is 11.7 Å². The number of hydrogen-bond acceptors (Lipinski definition) is 4.